The van der Waals surface area contributed by atoms with Gasteiger partial charge in [0.25, 0.3) is 0 Å². The van der Waals surface area contributed by atoms with E-state index in [4.69, 9.17) is 27.1 Å². The van der Waals surface area contributed by atoms with Crippen LogP contribution in [0.2, 0.25) is 5.02 Å². The summed E-state index contributed by atoms with van der Waals surface area (Å²) in [6.45, 7) is 3.98. The number of fused-ring (bicyclic) bond motifs is 1. The molecular formula is C17H18ClN3O. The van der Waals surface area contributed by atoms with Gasteiger partial charge in [0.2, 0.25) is 0 Å². The van der Waals surface area contributed by atoms with Crippen molar-refractivity contribution in [3.8, 4) is 5.75 Å². The number of nitrogens with zero attached hydrogens (tertiary/aromatic N) is 2. The highest BCUT2D eigenvalue weighted by Crippen LogP contribution is 2.30. The summed E-state index contributed by atoms with van der Waals surface area (Å²) in [7, 11) is 1.97. The maximum Gasteiger partial charge on any atom is 0.161 e. The molecule has 0 unspecified atom stereocenters. The lowest BCUT2D eigenvalue weighted by Gasteiger charge is -2.26. The van der Waals surface area contributed by atoms with Gasteiger partial charge in [0, 0.05) is 17.8 Å². The summed E-state index contributed by atoms with van der Waals surface area (Å²) >= 11 is 6.07. The summed E-state index contributed by atoms with van der Waals surface area (Å²) in [5, 5.41) is 0.694. The zero-order valence-corrected chi connectivity index (χ0v) is 13.6. The summed E-state index contributed by atoms with van der Waals surface area (Å²) in [6.07, 6.45) is 0. The quantitative estimate of drug-likeness (QED) is 0.740. The number of nitrogens with two attached hydrogens (primary N) is 1. The molecule has 114 valence electrons. The third-order valence-electron chi connectivity index (χ3n) is 3.63. The van der Waals surface area contributed by atoms with Crippen LogP contribution in [0.4, 0.5) is 5.69 Å². The first-order chi connectivity index (χ1) is 10.4. The predicted molar refractivity (Wildman–Crippen MR) is 90.2 cm³/mol. The molecule has 0 saturated carbocycles. The number of hydrogen-bond acceptors (Lipinski definition) is 3. The Balaban J connectivity index is 2.01. The van der Waals surface area contributed by atoms with E-state index in [-0.39, 0.29) is 0 Å². The summed E-state index contributed by atoms with van der Waals surface area (Å²) in [4.78, 5) is 4.69. The lowest BCUT2D eigenvalue weighted by Crippen LogP contribution is -2.29. The molecule has 2 N–H and O–H groups in total. The summed E-state index contributed by atoms with van der Waals surface area (Å²) < 4.78 is 8.12. The van der Waals surface area contributed by atoms with Gasteiger partial charge in [-0.25, -0.2) is 4.98 Å². The Morgan fingerprint density at radius 2 is 1.82 bits per heavy atom. The van der Waals surface area contributed by atoms with Gasteiger partial charge in [-0.05, 0) is 56.3 Å². The Morgan fingerprint density at radius 3 is 2.50 bits per heavy atom. The van der Waals surface area contributed by atoms with Crippen LogP contribution in [0.5, 0.6) is 5.75 Å². The summed E-state index contributed by atoms with van der Waals surface area (Å²) in [5.74, 6) is 1.59. The van der Waals surface area contributed by atoms with Crippen molar-refractivity contribution in [2.45, 2.75) is 19.4 Å². The molecule has 0 aliphatic heterocycles. The SMILES string of the molecule is Cn1c(C(C)(C)Oc2ccc(N)cc2)nc2ccc(Cl)cc21. The zero-order chi connectivity index (χ0) is 15.9. The minimum absolute atomic E-state index is 0.587. The number of imidazole rings is 1. The van der Waals surface area contributed by atoms with Crippen molar-refractivity contribution in [3.63, 3.8) is 0 Å². The molecule has 0 bridgehead atoms. The molecule has 0 amide bonds. The number of ether oxygens (including phenoxy) is 1. The van der Waals surface area contributed by atoms with Crippen LogP contribution in [0, 0.1) is 0 Å². The number of anilines is 1. The molecule has 1 heterocycles. The van der Waals surface area contributed by atoms with E-state index in [0.29, 0.717) is 10.7 Å². The average molecular weight is 316 g/mol. The first kappa shape index (κ1) is 14.7. The lowest BCUT2D eigenvalue weighted by molar-refractivity contribution is 0.0959. The zero-order valence-electron chi connectivity index (χ0n) is 12.8. The third kappa shape index (κ3) is 2.62. The normalized spacial score (nSPS) is 11.8. The Bertz CT molecular complexity index is 822. The molecule has 0 saturated heterocycles. The van der Waals surface area contributed by atoms with Crippen molar-refractivity contribution in [1.29, 1.82) is 0 Å². The van der Waals surface area contributed by atoms with Crippen molar-refractivity contribution >= 4 is 28.3 Å². The third-order valence-corrected chi connectivity index (χ3v) is 3.87. The number of nitrogen functional groups attached to an aromatic ring is 1. The van der Waals surface area contributed by atoms with E-state index >= 15 is 0 Å². The highest BCUT2D eigenvalue weighted by atomic mass is 35.5. The maximum atomic E-state index is 6.11. The van der Waals surface area contributed by atoms with Gasteiger partial charge in [0.15, 0.2) is 11.4 Å². The second kappa shape index (κ2) is 5.21. The molecule has 0 radical (unpaired) electrons. The number of hydrogen-bond donors (Lipinski definition) is 1. The van der Waals surface area contributed by atoms with Crippen molar-refractivity contribution in [3.05, 3.63) is 53.3 Å². The molecule has 0 aliphatic rings. The summed E-state index contributed by atoms with van der Waals surface area (Å²) in [6, 6.07) is 13.0. The molecule has 22 heavy (non-hydrogen) atoms. The van der Waals surface area contributed by atoms with E-state index in [9.17, 15) is 0 Å². The van der Waals surface area contributed by atoms with Crippen LogP contribution >= 0.6 is 11.6 Å². The van der Waals surface area contributed by atoms with E-state index in [0.717, 1.165) is 22.6 Å². The highest BCUT2D eigenvalue weighted by molar-refractivity contribution is 6.31. The molecule has 1 aromatic heterocycles. The smallest absolute Gasteiger partial charge is 0.161 e. The van der Waals surface area contributed by atoms with Crippen LogP contribution in [0.25, 0.3) is 11.0 Å². The largest absolute Gasteiger partial charge is 0.480 e. The number of benzene rings is 2. The summed E-state index contributed by atoms with van der Waals surface area (Å²) in [5.41, 5.74) is 7.71. The minimum atomic E-state index is -0.587. The van der Waals surface area contributed by atoms with E-state index in [1.54, 1.807) is 0 Å². The molecule has 3 aromatic rings. The van der Waals surface area contributed by atoms with Crippen molar-refractivity contribution in [2.24, 2.45) is 7.05 Å². The molecule has 0 fully saturated rings. The van der Waals surface area contributed by atoms with Crippen molar-refractivity contribution < 1.29 is 4.74 Å². The van der Waals surface area contributed by atoms with Crippen LogP contribution in [-0.4, -0.2) is 9.55 Å². The first-order valence-corrected chi connectivity index (χ1v) is 7.41. The fourth-order valence-electron chi connectivity index (χ4n) is 2.58. The average Bonchev–Trinajstić information content (AvgIpc) is 2.79. The number of rotatable bonds is 3. The van der Waals surface area contributed by atoms with Gasteiger partial charge in [0.1, 0.15) is 5.75 Å². The fourth-order valence-corrected chi connectivity index (χ4v) is 2.74. The Hall–Kier alpha value is -2.20. The second-order valence-corrected chi connectivity index (χ2v) is 6.25. The highest BCUT2D eigenvalue weighted by Gasteiger charge is 2.29. The molecule has 3 rings (SSSR count). The van der Waals surface area contributed by atoms with Crippen molar-refractivity contribution in [1.82, 2.24) is 9.55 Å². The van der Waals surface area contributed by atoms with Gasteiger partial charge < -0.3 is 15.0 Å². The van der Waals surface area contributed by atoms with Gasteiger partial charge in [0.05, 0.1) is 11.0 Å². The standard InChI is InChI=1S/C17H18ClN3O/c1-17(2,22-13-7-5-12(19)6-8-13)16-20-14-9-4-11(18)10-15(14)21(16)3/h4-10H,19H2,1-3H3. The lowest BCUT2D eigenvalue weighted by atomic mass is 10.1. The Labute approximate surface area is 134 Å². The van der Waals surface area contributed by atoms with E-state index in [2.05, 4.69) is 0 Å². The van der Waals surface area contributed by atoms with Gasteiger partial charge in [-0.1, -0.05) is 11.6 Å². The molecule has 2 aromatic carbocycles. The minimum Gasteiger partial charge on any atom is -0.480 e. The Morgan fingerprint density at radius 1 is 1.14 bits per heavy atom. The van der Waals surface area contributed by atoms with E-state index < -0.39 is 5.60 Å². The predicted octanol–water partition coefficient (Wildman–Crippen LogP) is 4.12. The van der Waals surface area contributed by atoms with Crippen LogP contribution in [0.3, 0.4) is 0 Å². The van der Waals surface area contributed by atoms with E-state index in [1.807, 2.05) is 67.9 Å². The number of aromatic nitrogens is 2. The molecular weight excluding hydrogens is 298 g/mol. The molecule has 0 aliphatic carbocycles. The molecule has 0 atom stereocenters. The van der Waals surface area contributed by atoms with E-state index in [1.165, 1.54) is 0 Å². The van der Waals surface area contributed by atoms with Gasteiger partial charge >= 0.3 is 0 Å². The second-order valence-electron chi connectivity index (χ2n) is 5.81. The van der Waals surface area contributed by atoms with Gasteiger partial charge in [-0.3, -0.25) is 0 Å². The molecule has 4 nitrogen and oxygen atoms in total. The fraction of sp³-hybridized carbons (Fsp3) is 0.235. The van der Waals surface area contributed by atoms with Crippen LogP contribution in [0.1, 0.15) is 19.7 Å². The van der Waals surface area contributed by atoms with Gasteiger partial charge in [-0.15, -0.1) is 0 Å². The molecule has 0 spiro atoms. The van der Waals surface area contributed by atoms with Crippen molar-refractivity contribution in [2.75, 3.05) is 5.73 Å². The maximum absolute atomic E-state index is 6.11. The first-order valence-electron chi connectivity index (χ1n) is 7.04. The van der Waals surface area contributed by atoms with Gasteiger partial charge in [-0.2, -0.15) is 0 Å². The number of aryl methyl sites for hydroxylation is 1. The topological polar surface area (TPSA) is 53.1 Å². The van der Waals surface area contributed by atoms with Crippen LogP contribution in [-0.2, 0) is 12.6 Å². The van der Waals surface area contributed by atoms with Crippen LogP contribution < -0.4 is 10.5 Å². The van der Waals surface area contributed by atoms with Crippen LogP contribution in [0.15, 0.2) is 42.5 Å². The molecule has 5 heteroatoms. The number of halogens is 1. The Kier molecular flexibility index (Phi) is 3.49. The monoisotopic (exact) mass is 315 g/mol.